The number of rotatable bonds is 7. The van der Waals surface area contributed by atoms with Crippen LogP contribution in [-0.2, 0) is 19.1 Å². The molecule has 2 heterocycles. The van der Waals surface area contributed by atoms with Crippen LogP contribution in [0, 0.1) is 6.92 Å². The van der Waals surface area contributed by atoms with E-state index in [2.05, 4.69) is 5.32 Å². The number of para-hydroxylation sites is 1. The molecule has 2 aliphatic rings. The Morgan fingerprint density at radius 2 is 1.89 bits per heavy atom. The standard InChI is InChI=1S/C25H25N3O6S/c1-17-5-4-7-19(13-17)26-22(29)16-34-20-8-3-2-6-18(20)14-21-24(31)28(25(32)35-21)15-23(30)27-9-11-33-12-10-27/h2-8,13-14H,9-12,15-16H2,1H3,(H,26,29)/b21-14-. The summed E-state index contributed by atoms with van der Waals surface area (Å²) >= 11 is 0.770. The molecular formula is C25H25N3O6S. The van der Waals surface area contributed by atoms with Crippen LogP contribution in [0.1, 0.15) is 11.1 Å². The van der Waals surface area contributed by atoms with Gasteiger partial charge in [-0.3, -0.25) is 24.1 Å². The second kappa shape index (κ2) is 11.2. The highest BCUT2D eigenvalue weighted by atomic mass is 32.2. The number of amides is 4. The molecule has 9 nitrogen and oxygen atoms in total. The number of carbonyl (C=O) groups excluding carboxylic acids is 4. The Hall–Kier alpha value is -3.63. The summed E-state index contributed by atoms with van der Waals surface area (Å²) in [5.41, 5.74) is 2.24. The summed E-state index contributed by atoms with van der Waals surface area (Å²) in [6.45, 7) is 3.15. The first kappa shape index (κ1) is 24.5. The minimum Gasteiger partial charge on any atom is -0.483 e. The van der Waals surface area contributed by atoms with Gasteiger partial charge in [0.2, 0.25) is 5.91 Å². The number of imide groups is 1. The molecule has 35 heavy (non-hydrogen) atoms. The average Bonchev–Trinajstić information content (AvgIpc) is 3.11. The zero-order chi connectivity index (χ0) is 24.8. The van der Waals surface area contributed by atoms with Crippen molar-refractivity contribution >= 4 is 46.5 Å². The van der Waals surface area contributed by atoms with Gasteiger partial charge < -0.3 is 19.7 Å². The summed E-state index contributed by atoms with van der Waals surface area (Å²) in [4.78, 5) is 52.9. The molecule has 182 valence electrons. The third-order valence-corrected chi connectivity index (χ3v) is 6.30. The van der Waals surface area contributed by atoms with Gasteiger partial charge in [-0.2, -0.15) is 0 Å². The smallest absolute Gasteiger partial charge is 0.294 e. The monoisotopic (exact) mass is 495 g/mol. The van der Waals surface area contributed by atoms with Gasteiger partial charge in [-0.1, -0.05) is 30.3 Å². The van der Waals surface area contributed by atoms with Gasteiger partial charge in [0, 0.05) is 24.3 Å². The number of hydrogen-bond acceptors (Lipinski definition) is 7. The Balaban J connectivity index is 1.40. The van der Waals surface area contributed by atoms with E-state index in [1.165, 1.54) is 6.08 Å². The van der Waals surface area contributed by atoms with Crippen molar-refractivity contribution in [1.29, 1.82) is 0 Å². The topological polar surface area (TPSA) is 105 Å². The van der Waals surface area contributed by atoms with Gasteiger partial charge in [0.1, 0.15) is 12.3 Å². The minimum atomic E-state index is -0.534. The van der Waals surface area contributed by atoms with Crippen molar-refractivity contribution in [1.82, 2.24) is 9.80 Å². The van der Waals surface area contributed by atoms with Crippen molar-refractivity contribution in [3.63, 3.8) is 0 Å². The first-order chi connectivity index (χ1) is 16.9. The molecule has 0 aliphatic carbocycles. The predicted molar refractivity (Wildman–Crippen MR) is 132 cm³/mol. The predicted octanol–water partition coefficient (Wildman–Crippen LogP) is 2.91. The Kier molecular flexibility index (Phi) is 7.84. The fourth-order valence-corrected chi connectivity index (χ4v) is 4.45. The summed E-state index contributed by atoms with van der Waals surface area (Å²) in [6, 6.07) is 14.3. The molecule has 2 aliphatic heterocycles. The quantitative estimate of drug-likeness (QED) is 0.589. The van der Waals surface area contributed by atoms with Gasteiger partial charge in [-0.25, -0.2) is 0 Å². The third kappa shape index (κ3) is 6.28. The van der Waals surface area contributed by atoms with Gasteiger partial charge >= 0.3 is 0 Å². The molecule has 2 aromatic rings. The summed E-state index contributed by atoms with van der Waals surface area (Å²) < 4.78 is 10.9. The minimum absolute atomic E-state index is 0.185. The van der Waals surface area contributed by atoms with Crippen LogP contribution in [-0.4, -0.2) is 72.2 Å². The van der Waals surface area contributed by atoms with E-state index in [4.69, 9.17) is 9.47 Å². The maximum atomic E-state index is 12.9. The van der Waals surface area contributed by atoms with Crippen molar-refractivity contribution in [3.05, 3.63) is 64.6 Å². The normalized spacial score (nSPS) is 17.1. The molecule has 0 aromatic heterocycles. The van der Waals surface area contributed by atoms with Crippen LogP contribution >= 0.6 is 11.8 Å². The Morgan fingerprint density at radius 1 is 1.11 bits per heavy atom. The third-order valence-electron chi connectivity index (χ3n) is 5.40. The SMILES string of the molecule is Cc1cccc(NC(=O)COc2ccccc2/C=C2\SC(=O)N(CC(=O)N3CCOCC3)C2=O)c1. The second-order valence-corrected chi connectivity index (χ2v) is 9.00. The Labute approximate surface area is 207 Å². The van der Waals surface area contributed by atoms with Gasteiger partial charge in [-0.15, -0.1) is 0 Å². The number of morpholine rings is 1. The lowest BCUT2D eigenvalue weighted by Gasteiger charge is -2.28. The lowest BCUT2D eigenvalue weighted by atomic mass is 10.2. The van der Waals surface area contributed by atoms with E-state index in [-0.39, 0.29) is 29.9 Å². The zero-order valence-corrected chi connectivity index (χ0v) is 20.0. The molecule has 1 N–H and O–H groups in total. The van der Waals surface area contributed by atoms with E-state index >= 15 is 0 Å². The molecule has 2 aromatic carbocycles. The van der Waals surface area contributed by atoms with Crippen LogP contribution in [0.4, 0.5) is 10.5 Å². The number of hydrogen-bond donors (Lipinski definition) is 1. The molecule has 10 heteroatoms. The van der Waals surface area contributed by atoms with Crippen LogP contribution in [0.3, 0.4) is 0 Å². The highest BCUT2D eigenvalue weighted by Crippen LogP contribution is 2.34. The van der Waals surface area contributed by atoms with Gasteiger partial charge in [0.05, 0.1) is 18.1 Å². The summed E-state index contributed by atoms with van der Waals surface area (Å²) in [5.74, 6) is -0.760. The van der Waals surface area contributed by atoms with Crippen molar-refractivity contribution in [2.24, 2.45) is 0 Å². The summed E-state index contributed by atoms with van der Waals surface area (Å²) in [6.07, 6.45) is 1.54. The van der Waals surface area contributed by atoms with Crippen molar-refractivity contribution < 1.29 is 28.7 Å². The molecule has 0 saturated carbocycles. The Morgan fingerprint density at radius 3 is 2.66 bits per heavy atom. The van der Waals surface area contributed by atoms with E-state index in [0.29, 0.717) is 43.3 Å². The molecule has 0 radical (unpaired) electrons. The largest absolute Gasteiger partial charge is 0.483 e. The molecule has 4 amide bonds. The number of carbonyl (C=O) groups is 4. The number of nitrogens with zero attached hydrogens (tertiary/aromatic N) is 2. The first-order valence-electron chi connectivity index (χ1n) is 11.1. The van der Waals surface area contributed by atoms with Gasteiger partial charge in [-0.05, 0) is 48.5 Å². The lowest BCUT2D eigenvalue weighted by molar-refractivity contribution is -0.139. The van der Waals surface area contributed by atoms with Crippen LogP contribution < -0.4 is 10.1 Å². The summed E-state index contributed by atoms with van der Waals surface area (Å²) in [5, 5.41) is 2.28. The van der Waals surface area contributed by atoms with Gasteiger partial charge in [0.15, 0.2) is 6.61 Å². The molecular weight excluding hydrogens is 470 g/mol. The molecule has 4 rings (SSSR count). The van der Waals surface area contributed by atoms with Crippen molar-refractivity contribution in [2.45, 2.75) is 6.92 Å². The maximum absolute atomic E-state index is 12.9. The van der Waals surface area contributed by atoms with Crippen molar-refractivity contribution in [3.8, 4) is 5.75 Å². The number of ether oxygens (including phenoxy) is 2. The second-order valence-electron chi connectivity index (χ2n) is 8.01. The average molecular weight is 496 g/mol. The fourth-order valence-electron chi connectivity index (χ4n) is 3.62. The number of aryl methyl sites for hydroxylation is 1. The molecule has 0 spiro atoms. The van der Waals surface area contributed by atoms with E-state index in [1.54, 1.807) is 35.2 Å². The molecule has 2 fully saturated rings. The maximum Gasteiger partial charge on any atom is 0.294 e. The number of anilines is 1. The van der Waals surface area contributed by atoms with Crippen LogP contribution in [0.5, 0.6) is 5.75 Å². The molecule has 0 unspecified atom stereocenters. The lowest BCUT2D eigenvalue weighted by Crippen LogP contribution is -2.46. The Bertz CT molecular complexity index is 1180. The molecule has 0 bridgehead atoms. The van der Waals surface area contributed by atoms with Crippen LogP contribution in [0.15, 0.2) is 53.4 Å². The summed E-state index contributed by atoms with van der Waals surface area (Å²) in [7, 11) is 0. The number of benzene rings is 2. The van der Waals surface area contributed by atoms with Crippen molar-refractivity contribution in [2.75, 3.05) is 44.8 Å². The van der Waals surface area contributed by atoms with E-state index in [9.17, 15) is 19.2 Å². The van der Waals surface area contributed by atoms with Gasteiger partial charge in [0.25, 0.3) is 17.1 Å². The zero-order valence-electron chi connectivity index (χ0n) is 19.2. The van der Waals surface area contributed by atoms with E-state index in [1.807, 2.05) is 25.1 Å². The van der Waals surface area contributed by atoms with Crippen LogP contribution in [0.25, 0.3) is 6.08 Å². The van der Waals surface area contributed by atoms with E-state index in [0.717, 1.165) is 22.2 Å². The van der Waals surface area contributed by atoms with Crippen LogP contribution in [0.2, 0.25) is 0 Å². The molecule has 2 saturated heterocycles. The highest BCUT2D eigenvalue weighted by molar-refractivity contribution is 8.18. The molecule has 0 atom stereocenters. The fraction of sp³-hybridized carbons (Fsp3) is 0.280. The van der Waals surface area contributed by atoms with E-state index < -0.39 is 11.1 Å². The number of nitrogens with one attached hydrogen (secondary N) is 1. The first-order valence-corrected chi connectivity index (χ1v) is 11.9. The highest BCUT2D eigenvalue weighted by Gasteiger charge is 2.37. The number of thioether (sulfide) groups is 1.